The van der Waals surface area contributed by atoms with Crippen LogP contribution in [0, 0.1) is 17.0 Å². The number of nitrogens with zero attached hydrogens (tertiary/aromatic N) is 1. The Balaban J connectivity index is 3.48. The number of nitrogens with one attached hydrogen (secondary N) is 2. The Bertz CT molecular complexity index is 396. The number of H-pyrrole nitrogens is 1. The van der Waals surface area contributed by atoms with Crippen LogP contribution in [0.5, 0.6) is 0 Å². The van der Waals surface area contributed by atoms with E-state index in [2.05, 4.69) is 10.3 Å². The number of aromatic nitrogens is 1. The summed E-state index contributed by atoms with van der Waals surface area (Å²) in [6.45, 7) is 1.66. The van der Waals surface area contributed by atoms with Crippen LogP contribution in [0.1, 0.15) is 5.69 Å². The standard InChI is InChI=1S/C7H9N3O3/c1-4-3-5(8-2)6(10(12)13)7(11)9-4/h3H,1-2H3,(H2,8,9,11). The third-order valence-corrected chi connectivity index (χ3v) is 1.59. The maximum atomic E-state index is 11.1. The molecule has 0 spiro atoms. The molecule has 1 aromatic heterocycles. The molecule has 1 aromatic rings. The van der Waals surface area contributed by atoms with Gasteiger partial charge in [-0.25, -0.2) is 0 Å². The predicted octanol–water partition coefficient (Wildman–Crippen LogP) is 0.633. The Morgan fingerprint density at radius 3 is 2.69 bits per heavy atom. The first-order valence-corrected chi connectivity index (χ1v) is 3.62. The number of pyridine rings is 1. The Hall–Kier alpha value is -1.85. The largest absolute Gasteiger partial charge is 0.382 e. The van der Waals surface area contributed by atoms with Gasteiger partial charge in [0.15, 0.2) is 0 Å². The van der Waals surface area contributed by atoms with Crippen LogP contribution >= 0.6 is 0 Å². The Morgan fingerprint density at radius 1 is 1.62 bits per heavy atom. The molecule has 0 aromatic carbocycles. The highest BCUT2D eigenvalue weighted by molar-refractivity contribution is 5.60. The molecule has 0 bridgehead atoms. The van der Waals surface area contributed by atoms with E-state index in [0.717, 1.165) is 0 Å². The Kier molecular flexibility index (Phi) is 2.32. The summed E-state index contributed by atoms with van der Waals surface area (Å²) in [4.78, 5) is 23.2. The van der Waals surface area contributed by atoms with Crippen LogP contribution in [0.2, 0.25) is 0 Å². The van der Waals surface area contributed by atoms with Crippen LogP contribution in [-0.4, -0.2) is 17.0 Å². The van der Waals surface area contributed by atoms with Crippen molar-refractivity contribution in [3.8, 4) is 0 Å². The summed E-state index contributed by atoms with van der Waals surface area (Å²) < 4.78 is 0. The van der Waals surface area contributed by atoms with Gasteiger partial charge in [0.1, 0.15) is 5.69 Å². The molecule has 6 nitrogen and oxygen atoms in total. The van der Waals surface area contributed by atoms with Crippen LogP contribution in [0.25, 0.3) is 0 Å². The second-order valence-electron chi connectivity index (χ2n) is 2.55. The second-order valence-corrected chi connectivity index (χ2v) is 2.55. The SMILES string of the molecule is CNc1cc(C)[nH]c(=O)c1[N+](=O)[O-]. The van der Waals surface area contributed by atoms with Gasteiger partial charge in [-0.15, -0.1) is 0 Å². The predicted molar refractivity (Wildman–Crippen MR) is 48.0 cm³/mol. The highest BCUT2D eigenvalue weighted by Crippen LogP contribution is 2.18. The number of rotatable bonds is 2. The van der Waals surface area contributed by atoms with Gasteiger partial charge in [0.2, 0.25) is 0 Å². The zero-order valence-corrected chi connectivity index (χ0v) is 7.25. The first-order chi connectivity index (χ1) is 6.06. The first-order valence-electron chi connectivity index (χ1n) is 3.62. The van der Waals surface area contributed by atoms with Crippen molar-refractivity contribution >= 4 is 11.4 Å². The molecule has 0 saturated carbocycles. The number of aromatic amines is 1. The number of aryl methyl sites for hydroxylation is 1. The molecule has 0 aliphatic heterocycles. The van der Waals surface area contributed by atoms with Crippen molar-refractivity contribution in [2.45, 2.75) is 6.92 Å². The highest BCUT2D eigenvalue weighted by atomic mass is 16.6. The van der Waals surface area contributed by atoms with E-state index >= 15 is 0 Å². The second kappa shape index (κ2) is 3.26. The van der Waals surface area contributed by atoms with Crippen molar-refractivity contribution in [2.24, 2.45) is 0 Å². The average molecular weight is 183 g/mol. The summed E-state index contributed by atoms with van der Waals surface area (Å²) in [5.41, 5.74) is -0.325. The van der Waals surface area contributed by atoms with E-state index in [1.807, 2.05) is 0 Å². The zero-order chi connectivity index (χ0) is 10.0. The van der Waals surface area contributed by atoms with E-state index in [4.69, 9.17) is 0 Å². The molecular formula is C7H9N3O3. The maximum absolute atomic E-state index is 11.1. The monoisotopic (exact) mass is 183 g/mol. The molecular weight excluding hydrogens is 174 g/mol. The van der Waals surface area contributed by atoms with Gasteiger partial charge in [-0.05, 0) is 13.0 Å². The van der Waals surface area contributed by atoms with Gasteiger partial charge in [0.05, 0.1) is 4.92 Å². The van der Waals surface area contributed by atoms with Gasteiger partial charge < -0.3 is 10.3 Å². The Labute approximate surface area is 73.7 Å². The third kappa shape index (κ3) is 1.66. The van der Waals surface area contributed by atoms with Crippen molar-refractivity contribution in [3.05, 3.63) is 32.2 Å². The lowest BCUT2D eigenvalue weighted by Crippen LogP contribution is -2.14. The van der Waals surface area contributed by atoms with Crippen LogP contribution < -0.4 is 10.9 Å². The average Bonchev–Trinajstić information content (AvgIpc) is 2.01. The molecule has 1 heterocycles. The van der Waals surface area contributed by atoms with Crippen LogP contribution in [-0.2, 0) is 0 Å². The molecule has 0 saturated heterocycles. The summed E-state index contributed by atoms with van der Waals surface area (Å²) >= 11 is 0. The summed E-state index contributed by atoms with van der Waals surface area (Å²) in [6, 6.07) is 1.51. The van der Waals surface area contributed by atoms with Gasteiger partial charge in [0, 0.05) is 12.7 Å². The molecule has 0 atom stereocenters. The molecule has 0 amide bonds. The molecule has 70 valence electrons. The fraction of sp³-hybridized carbons (Fsp3) is 0.286. The molecule has 13 heavy (non-hydrogen) atoms. The summed E-state index contributed by atoms with van der Waals surface area (Å²) in [6.07, 6.45) is 0. The summed E-state index contributed by atoms with van der Waals surface area (Å²) in [5.74, 6) is 0. The van der Waals surface area contributed by atoms with Gasteiger partial charge >= 0.3 is 11.2 Å². The molecule has 6 heteroatoms. The lowest BCUT2D eigenvalue weighted by Gasteiger charge is -2.01. The van der Waals surface area contributed by atoms with Crippen molar-refractivity contribution in [1.29, 1.82) is 0 Å². The van der Waals surface area contributed by atoms with E-state index in [1.54, 1.807) is 6.92 Å². The number of hydrogen-bond donors (Lipinski definition) is 2. The number of anilines is 1. The quantitative estimate of drug-likeness (QED) is 0.520. The lowest BCUT2D eigenvalue weighted by atomic mass is 10.3. The molecule has 2 N–H and O–H groups in total. The minimum absolute atomic E-state index is 0.228. The van der Waals surface area contributed by atoms with Gasteiger partial charge in [-0.1, -0.05) is 0 Å². The highest BCUT2D eigenvalue weighted by Gasteiger charge is 2.18. The van der Waals surface area contributed by atoms with Crippen LogP contribution in [0.4, 0.5) is 11.4 Å². The molecule has 0 aliphatic rings. The number of nitro groups is 1. The lowest BCUT2D eigenvalue weighted by molar-refractivity contribution is -0.385. The van der Waals surface area contributed by atoms with E-state index in [1.165, 1.54) is 13.1 Å². The normalized spacial score (nSPS) is 9.69. The van der Waals surface area contributed by atoms with Crippen molar-refractivity contribution in [3.63, 3.8) is 0 Å². The molecule has 0 fully saturated rings. The van der Waals surface area contributed by atoms with Crippen molar-refractivity contribution in [2.75, 3.05) is 12.4 Å². The minimum Gasteiger partial charge on any atom is -0.382 e. The van der Waals surface area contributed by atoms with Gasteiger partial charge in [0.25, 0.3) is 0 Å². The first kappa shape index (κ1) is 9.24. The van der Waals surface area contributed by atoms with Crippen molar-refractivity contribution in [1.82, 2.24) is 4.98 Å². The third-order valence-electron chi connectivity index (χ3n) is 1.59. The number of hydrogen-bond acceptors (Lipinski definition) is 4. The minimum atomic E-state index is -0.704. The molecule has 0 aliphatic carbocycles. The van der Waals surface area contributed by atoms with E-state index in [0.29, 0.717) is 5.69 Å². The Morgan fingerprint density at radius 2 is 2.23 bits per heavy atom. The van der Waals surface area contributed by atoms with Gasteiger partial charge in [-0.3, -0.25) is 14.9 Å². The zero-order valence-electron chi connectivity index (χ0n) is 7.25. The van der Waals surface area contributed by atoms with Crippen molar-refractivity contribution < 1.29 is 4.92 Å². The van der Waals surface area contributed by atoms with E-state index < -0.39 is 16.2 Å². The topological polar surface area (TPSA) is 88.0 Å². The molecule has 1 rings (SSSR count). The smallest absolute Gasteiger partial charge is 0.356 e. The van der Waals surface area contributed by atoms with Crippen LogP contribution in [0.3, 0.4) is 0 Å². The fourth-order valence-corrected chi connectivity index (χ4v) is 1.05. The van der Waals surface area contributed by atoms with E-state index in [-0.39, 0.29) is 5.69 Å². The molecule has 0 unspecified atom stereocenters. The maximum Gasteiger partial charge on any atom is 0.356 e. The van der Waals surface area contributed by atoms with E-state index in [9.17, 15) is 14.9 Å². The summed E-state index contributed by atoms with van der Waals surface area (Å²) in [7, 11) is 1.53. The van der Waals surface area contributed by atoms with Crippen LogP contribution in [0.15, 0.2) is 10.9 Å². The van der Waals surface area contributed by atoms with Gasteiger partial charge in [-0.2, -0.15) is 0 Å². The molecule has 0 radical (unpaired) electrons. The summed E-state index contributed by atoms with van der Waals surface area (Å²) in [5, 5.41) is 13.1. The fourth-order valence-electron chi connectivity index (χ4n) is 1.05.